The van der Waals surface area contributed by atoms with Gasteiger partial charge in [-0.25, -0.2) is 4.79 Å². The third-order valence-corrected chi connectivity index (χ3v) is 1.68. The van der Waals surface area contributed by atoms with Crippen LogP contribution in [0.1, 0.15) is 21.5 Å². The molecule has 0 aliphatic rings. The Hall–Kier alpha value is -1.64. The van der Waals surface area contributed by atoms with E-state index in [-0.39, 0.29) is 5.56 Å². The number of aryl methyl sites for hydroxylation is 2. The molecule has 0 saturated carbocycles. The number of hydrogen-bond acceptors (Lipinski definition) is 2. The van der Waals surface area contributed by atoms with Crippen LogP contribution in [0.4, 0.5) is 0 Å². The van der Waals surface area contributed by atoms with Gasteiger partial charge in [0, 0.05) is 5.56 Å². The number of Topliss-reactive ketones (excluding diaryl/α,β-unsaturated/α-hetero) is 1. The van der Waals surface area contributed by atoms with Gasteiger partial charge >= 0.3 is 5.97 Å². The zero-order valence-electron chi connectivity index (χ0n) is 7.50. The van der Waals surface area contributed by atoms with Crippen molar-refractivity contribution < 1.29 is 14.7 Å². The van der Waals surface area contributed by atoms with Gasteiger partial charge in [-0.05, 0) is 26.0 Å². The minimum Gasteiger partial charge on any atom is -0.475 e. The molecule has 0 amide bonds. The first-order chi connectivity index (χ1) is 6.00. The molecule has 0 saturated heterocycles. The molecule has 3 heteroatoms. The van der Waals surface area contributed by atoms with E-state index < -0.39 is 11.8 Å². The molecule has 3 nitrogen and oxygen atoms in total. The fourth-order valence-corrected chi connectivity index (χ4v) is 1.23. The molecule has 0 spiro atoms. The maximum Gasteiger partial charge on any atom is 0.377 e. The summed E-state index contributed by atoms with van der Waals surface area (Å²) in [6.07, 6.45) is 0. The number of carboxylic acids is 1. The lowest BCUT2D eigenvalue weighted by Crippen LogP contribution is -2.12. The average molecular weight is 178 g/mol. The number of carboxylic acid groups (broad SMARTS) is 1. The smallest absolute Gasteiger partial charge is 0.377 e. The number of ketones is 1. The Labute approximate surface area is 76.0 Å². The van der Waals surface area contributed by atoms with Gasteiger partial charge in [0.2, 0.25) is 0 Å². The minimum absolute atomic E-state index is 0.241. The molecule has 0 bridgehead atoms. The highest BCUT2D eigenvalue weighted by Gasteiger charge is 2.14. The van der Waals surface area contributed by atoms with Crippen LogP contribution in [0.15, 0.2) is 18.2 Å². The van der Waals surface area contributed by atoms with E-state index in [1.165, 1.54) is 0 Å². The molecule has 0 radical (unpaired) electrons. The zero-order chi connectivity index (χ0) is 10.0. The number of benzene rings is 1. The summed E-state index contributed by atoms with van der Waals surface area (Å²) in [6, 6.07) is 5.03. The summed E-state index contributed by atoms with van der Waals surface area (Å²) in [5.41, 5.74) is 2.03. The van der Waals surface area contributed by atoms with Crippen molar-refractivity contribution in [3.05, 3.63) is 34.9 Å². The largest absolute Gasteiger partial charge is 0.475 e. The lowest BCUT2D eigenvalue weighted by atomic mass is 10.0. The molecule has 68 valence electrons. The van der Waals surface area contributed by atoms with Gasteiger partial charge < -0.3 is 5.11 Å². The van der Waals surface area contributed by atoms with Gasteiger partial charge in [0.1, 0.15) is 0 Å². The monoisotopic (exact) mass is 178 g/mol. The highest BCUT2D eigenvalue weighted by atomic mass is 16.4. The highest BCUT2D eigenvalue weighted by Crippen LogP contribution is 2.09. The second kappa shape index (κ2) is 3.39. The summed E-state index contributed by atoms with van der Waals surface area (Å²) in [7, 11) is 0. The van der Waals surface area contributed by atoms with Crippen molar-refractivity contribution in [2.24, 2.45) is 0 Å². The van der Waals surface area contributed by atoms with Crippen LogP contribution in [0, 0.1) is 13.8 Å². The van der Waals surface area contributed by atoms with E-state index in [1.807, 2.05) is 19.9 Å². The molecular formula is C10H10O3. The Kier molecular flexibility index (Phi) is 2.46. The van der Waals surface area contributed by atoms with Crippen molar-refractivity contribution in [2.45, 2.75) is 13.8 Å². The first-order valence-electron chi connectivity index (χ1n) is 3.86. The summed E-state index contributed by atoms with van der Waals surface area (Å²) in [6.45, 7) is 3.65. The van der Waals surface area contributed by atoms with E-state index in [9.17, 15) is 9.59 Å². The Bertz CT molecular complexity index is 346. The van der Waals surface area contributed by atoms with Gasteiger partial charge in [-0.2, -0.15) is 0 Å². The number of hydrogen-bond donors (Lipinski definition) is 1. The summed E-state index contributed by atoms with van der Waals surface area (Å²) >= 11 is 0. The second-order valence-corrected chi connectivity index (χ2v) is 3.01. The quantitative estimate of drug-likeness (QED) is 0.552. The van der Waals surface area contributed by atoms with Crippen molar-refractivity contribution in [1.29, 1.82) is 0 Å². The molecule has 0 fully saturated rings. The first kappa shape index (κ1) is 9.45. The molecule has 0 aliphatic heterocycles. The van der Waals surface area contributed by atoms with Crippen LogP contribution in [0.25, 0.3) is 0 Å². The van der Waals surface area contributed by atoms with Crippen molar-refractivity contribution in [3.8, 4) is 0 Å². The van der Waals surface area contributed by atoms with Crippen LogP contribution in [-0.2, 0) is 4.79 Å². The van der Waals surface area contributed by atoms with Crippen molar-refractivity contribution in [2.75, 3.05) is 0 Å². The fraction of sp³-hybridized carbons (Fsp3) is 0.200. The lowest BCUT2D eigenvalue weighted by molar-refractivity contribution is -0.131. The van der Waals surface area contributed by atoms with Crippen LogP contribution < -0.4 is 0 Å². The maximum absolute atomic E-state index is 11.0. The van der Waals surface area contributed by atoms with Crippen LogP contribution in [0.3, 0.4) is 0 Å². The first-order valence-corrected chi connectivity index (χ1v) is 3.86. The number of aliphatic carboxylic acids is 1. The summed E-state index contributed by atoms with van der Waals surface area (Å²) in [4.78, 5) is 21.4. The standard InChI is InChI=1S/C10H10O3/c1-6-3-7(2)5-8(4-6)9(11)10(12)13/h3-5H,1-2H3,(H,12,13). The molecule has 1 rings (SSSR count). The predicted molar refractivity (Wildman–Crippen MR) is 47.9 cm³/mol. The number of carbonyl (C=O) groups is 2. The van der Waals surface area contributed by atoms with Gasteiger partial charge in [-0.1, -0.05) is 17.2 Å². The normalized spacial score (nSPS) is 9.69. The average Bonchev–Trinajstić information content (AvgIpc) is 2.01. The molecular weight excluding hydrogens is 168 g/mol. The van der Waals surface area contributed by atoms with E-state index in [1.54, 1.807) is 12.1 Å². The molecule has 1 N–H and O–H groups in total. The van der Waals surface area contributed by atoms with Gasteiger partial charge in [-0.15, -0.1) is 0 Å². The number of carbonyl (C=O) groups excluding carboxylic acids is 1. The molecule has 0 aliphatic carbocycles. The van der Waals surface area contributed by atoms with Crippen molar-refractivity contribution >= 4 is 11.8 Å². The Balaban J connectivity index is 3.15. The molecule has 1 aromatic rings. The maximum atomic E-state index is 11.0. The third-order valence-electron chi connectivity index (χ3n) is 1.68. The molecule has 13 heavy (non-hydrogen) atoms. The van der Waals surface area contributed by atoms with Crippen LogP contribution in [0.5, 0.6) is 0 Å². The van der Waals surface area contributed by atoms with Crippen LogP contribution >= 0.6 is 0 Å². The predicted octanol–water partition coefficient (Wildman–Crippen LogP) is 1.57. The zero-order valence-corrected chi connectivity index (χ0v) is 7.50. The molecule has 0 aromatic heterocycles. The van der Waals surface area contributed by atoms with E-state index in [2.05, 4.69) is 0 Å². The molecule has 0 unspecified atom stereocenters. The lowest BCUT2D eigenvalue weighted by Gasteiger charge is -2.00. The van der Waals surface area contributed by atoms with Crippen molar-refractivity contribution in [1.82, 2.24) is 0 Å². The summed E-state index contributed by atoms with van der Waals surface area (Å²) in [5, 5.41) is 8.47. The summed E-state index contributed by atoms with van der Waals surface area (Å²) < 4.78 is 0. The minimum atomic E-state index is -1.41. The van der Waals surface area contributed by atoms with E-state index in [0.717, 1.165) is 11.1 Å². The Morgan fingerprint density at radius 3 is 1.92 bits per heavy atom. The van der Waals surface area contributed by atoms with Gasteiger partial charge in [-0.3, -0.25) is 4.79 Å². The van der Waals surface area contributed by atoms with E-state index in [0.29, 0.717) is 0 Å². The molecule has 1 aromatic carbocycles. The Morgan fingerprint density at radius 1 is 1.08 bits per heavy atom. The highest BCUT2D eigenvalue weighted by molar-refractivity contribution is 6.39. The molecule has 0 heterocycles. The van der Waals surface area contributed by atoms with Crippen LogP contribution in [0.2, 0.25) is 0 Å². The third kappa shape index (κ3) is 2.15. The topological polar surface area (TPSA) is 54.4 Å². The van der Waals surface area contributed by atoms with Crippen molar-refractivity contribution in [3.63, 3.8) is 0 Å². The van der Waals surface area contributed by atoms with Crippen LogP contribution in [-0.4, -0.2) is 16.9 Å². The Morgan fingerprint density at radius 2 is 1.54 bits per heavy atom. The second-order valence-electron chi connectivity index (χ2n) is 3.01. The van der Waals surface area contributed by atoms with Gasteiger partial charge in [0.05, 0.1) is 0 Å². The molecule has 0 atom stereocenters. The fourth-order valence-electron chi connectivity index (χ4n) is 1.23. The SMILES string of the molecule is Cc1cc(C)cc(C(=O)C(=O)O)c1. The van der Waals surface area contributed by atoms with Gasteiger partial charge in [0.15, 0.2) is 0 Å². The number of rotatable bonds is 2. The van der Waals surface area contributed by atoms with E-state index in [4.69, 9.17) is 5.11 Å². The summed E-state index contributed by atoms with van der Waals surface area (Å²) in [5.74, 6) is -2.27. The van der Waals surface area contributed by atoms with E-state index >= 15 is 0 Å². The van der Waals surface area contributed by atoms with Gasteiger partial charge in [0.25, 0.3) is 5.78 Å².